The number of nitrogens with one attached hydrogen (secondary N) is 3. The first-order valence-corrected chi connectivity index (χ1v) is 37.0. The quantitative estimate of drug-likeness (QED) is 0.169. The summed E-state index contributed by atoms with van der Waals surface area (Å²) in [5.74, 6) is -14.7. The Kier molecular flexibility index (Phi) is 31.9. The molecule has 0 bridgehead atoms. The molecule has 0 unspecified atom stereocenters. The van der Waals surface area contributed by atoms with E-state index in [0.29, 0.717) is 12.0 Å². The molecule has 0 radical (unpaired) electrons. The molecule has 0 saturated carbocycles. The molecular weight excluding hydrogens is 1410 g/mol. The van der Waals surface area contributed by atoms with Gasteiger partial charge < -0.3 is 60.0 Å². The highest BCUT2D eigenvalue weighted by atomic mass is 35.5. The summed E-state index contributed by atoms with van der Waals surface area (Å²) in [4.78, 5) is 191. The van der Waals surface area contributed by atoms with Crippen LogP contribution in [0.4, 0.5) is 22.0 Å². The minimum atomic E-state index is -4.83. The largest absolute Gasteiger partial charge is 0.417 e. The summed E-state index contributed by atoms with van der Waals surface area (Å²) in [6.45, 7) is 15.8. The van der Waals surface area contributed by atoms with Crippen LogP contribution in [-0.4, -0.2) is 282 Å². The minimum absolute atomic E-state index is 0.0652. The van der Waals surface area contributed by atoms with E-state index in [1.807, 2.05) is 20.8 Å². The number of hydrogen-bond acceptors (Lipinski definition) is 13. The van der Waals surface area contributed by atoms with E-state index in [1.54, 1.807) is 65.8 Å². The maximum atomic E-state index is 15.4. The van der Waals surface area contributed by atoms with Crippen LogP contribution in [0.5, 0.6) is 0 Å². The molecule has 2 aromatic carbocycles. The Morgan fingerprint density at radius 3 is 1.76 bits per heavy atom. The highest BCUT2D eigenvalue weighted by molar-refractivity contribution is 6.31. The molecule has 3 aliphatic heterocycles. The molecule has 3 aliphatic rings. The Balaban J connectivity index is 1.71. The third kappa shape index (κ3) is 22.5. The zero-order valence-corrected chi connectivity index (χ0v) is 65.8. The van der Waals surface area contributed by atoms with Gasteiger partial charge in [0.25, 0.3) is 5.92 Å². The van der Waals surface area contributed by atoms with Crippen LogP contribution < -0.4 is 16.0 Å². The van der Waals surface area contributed by atoms with Gasteiger partial charge in [-0.1, -0.05) is 116 Å². The number of aryl methyl sites for hydroxylation is 2. The van der Waals surface area contributed by atoms with Gasteiger partial charge in [-0.25, -0.2) is 8.78 Å². The topological polar surface area (TPSA) is 273 Å². The van der Waals surface area contributed by atoms with Gasteiger partial charge in [0.05, 0.1) is 30.1 Å². The molecule has 3 fully saturated rings. The molecule has 3 N–H and O–H groups in total. The second-order valence-electron chi connectivity index (χ2n) is 30.2. The summed E-state index contributed by atoms with van der Waals surface area (Å²) in [6.07, 6.45) is -5.97. The van der Waals surface area contributed by atoms with Gasteiger partial charge in [-0.3, -0.25) is 62.4 Å². The summed E-state index contributed by atoms with van der Waals surface area (Å²) < 4.78 is 72.0. The van der Waals surface area contributed by atoms with Gasteiger partial charge in [-0.2, -0.15) is 13.2 Å². The van der Waals surface area contributed by atoms with Gasteiger partial charge >= 0.3 is 6.18 Å². The van der Waals surface area contributed by atoms with Gasteiger partial charge in [0.1, 0.15) is 60.4 Å². The summed E-state index contributed by atoms with van der Waals surface area (Å²) >= 11 is 6.16. The van der Waals surface area contributed by atoms with E-state index in [1.165, 1.54) is 94.9 Å². The van der Waals surface area contributed by atoms with E-state index >= 15 is 32.8 Å². The van der Waals surface area contributed by atoms with Crippen LogP contribution in [0.3, 0.4) is 0 Å². The number of hydrogen-bond donors (Lipinski definition) is 3. The first-order valence-electron chi connectivity index (χ1n) is 36.6. The fraction of sp³-hybridized carbons (Fsp3) is 0.680. The predicted molar refractivity (Wildman–Crippen MR) is 390 cm³/mol. The van der Waals surface area contributed by atoms with Crippen LogP contribution in [0.1, 0.15) is 142 Å². The first kappa shape index (κ1) is 88.6. The van der Waals surface area contributed by atoms with Crippen LogP contribution in [0.25, 0.3) is 0 Å². The summed E-state index contributed by atoms with van der Waals surface area (Å²) in [7, 11) is 12.1. The second kappa shape index (κ2) is 38.2. The molecule has 5 rings (SSSR count). The second-order valence-corrected chi connectivity index (χ2v) is 30.6. The van der Waals surface area contributed by atoms with Crippen molar-refractivity contribution in [1.82, 2.24) is 64.9 Å². The number of carbonyl (C=O) groups excluding carboxylic acids is 12. The number of alkyl halides is 5. The van der Waals surface area contributed by atoms with Gasteiger partial charge in [-0.05, 0) is 106 Å². The van der Waals surface area contributed by atoms with Gasteiger partial charge in [-0.15, -0.1) is 0 Å². The third-order valence-corrected chi connectivity index (χ3v) is 21.6. The van der Waals surface area contributed by atoms with E-state index < -0.39 is 198 Å². The Hall–Kier alpha value is -8.02. The molecule has 106 heavy (non-hydrogen) atoms. The molecule has 31 heteroatoms. The van der Waals surface area contributed by atoms with E-state index in [4.69, 9.17) is 11.6 Å². The third-order valence-electron chi connectivity index (χ3n) is 21.3. The summed E-state index contributed by atoms with van der Waals surface area (Å²) in [5.41, 5.74) is 0.539. The van der Waals surface area contributed by atoms with Crippen molar-refractivity contribution in [2.24, 2.45) is 23.7 Å². The lowest BCUT2D eigenvalue weighted by Gasteiger charge is -2.45. The van der Waals surface area contributed by atoms with Crippen molar-refractivity contribution in [2.45, 2.75) is 212 Å². The summed E-state index contributed by atoms with van der Waals surface area (Å²) in [5, 5.41) is 7.67. The van der Waals surface area contributed by atoms with E-state index in [9.17, 15) is 46.7 Å². The smallest absolute Gasteiger partial charge is 0.347 e. The normalized spacial score (nSPS) is 25.9. The molecule has 0 spiro atoms. The number of halogens is 6. The molecule has 2 aromatic rings. The number of rotatable bonds is 16. The number of fused-ring (bicyclic) bond motifs is 1. The molecule has 3 heterocycles. The number of piperidine rings is 1. The number of amides is 12. The van der Waals surface area contributed by atoms with Crippen molar-refractivity contribution >= 4 is 82.5 Å². The van der Waals surface area contributed by atoms with E-state index in [-0.39, 0.29) is 82.5 Å². The molecule has 3 saturated heterocycles. The zero-order valence-electron chi connectivity index (χ0n) is 65.1. The molecule has 592 valence electrons. The lowest BCUT2D eigenvalue weighted by molar-refractivity contribution is -0.160. The van der Waals surface area contributed by atoms with E-state index in [0.717, 1.165) is 48.3 Å². The molecule has 0 aliphatic carbocycles. The lowest BCUT2D eigenvalue weighted by atomic mass is 9.93. The molecule has 12 amide bonds. The molecule has 25 nitrogen and oxygen atoms in total. The van der Waals surface area contributed by atoms with E-state index in [2.05, 4.69) is 16.0 Å². The van der Waals surface area contributed by atoms with Crippen molar-refractivity contribution in [1.29, 1.82) is 0 Å². The average Bonchev–Trinajstić information content (AvgIpc) is 0.785. The minimum Gasteiger partial charge on any atom is -0.347 e. The maximum Gasteiger partial charge on any atom is 0.417 e. The Labute approximate surface area is 626 Å². The molecule has 12 atom stereocenters. The van der Waals surface area contributed by atoms with Crippen LogP contribution >= 0.6 is 11.6 Å². The monoisotopic (exact) mass is 1520 g/mol. The van der Waals surface area contributed by atoms with Crippen molar-refractivity contribution < 1.29 is 79.5 Å². The number of carbonyl (C=O) groups is 12. The average molecular weight is 1520 g/mol. The fourth-order valence-electron chi connectivity index (χ4n) is 13.7. The maximum absolute atomic E-state index is 15.4. The van der Waals surface area contributed by atoms with Crippen LogP contribution in [0.15, 0.2) is 42.5 Å². The van der Waals surface area contributed by atoms with Crippen LogP contribution in [0.2, 0.25) is 5.02 Å². The van der Waals surface area contributed by atoms with Crippen molar-refractivity contribution in [3.63, 3.8) is 0 Å². The summed E-state index contributed by atoms with van der Waals surface area (Å²) in [6, 6.07) is -3.85. The van der Waals surface area contributed by atoms with Crippen molar-refractivity contribution in [3.05, 3.63) is 69.7 Å². The number of likely N-dealkylation sites (N-methyl/N-ethyl adjacent to an activating group) is 8. The Morgan fingerprint density at radius 1 is 0.651 bits per heavy atom. The van der Waals surface area contributed by atoms with Crippen LogP contribution in [-0.2, 0) is 76.6 Å². The van der Waals surface area contributed by atoms with Crippen molar-refractivity contribution in [2.75, 3.05) is 96.2 Å². The fourth-order valence-corrected chi connectivity index (χ4v) is 14.0. The standard InChI is InChI=1S/C75H113ClF5N13O12/c1-20-46(8)62-72(105)87(14)48(10)66(99)94-36-32-55(94)70(103)90(17)57(39-50-25-23-45(7)24-26-50)69(102)86(13)41-59(95)82-53(30-28-49-27-29-51(52(76)38-49)75(79,80)81)67(100)89(16)54(31-35-93-34-22-33-74(77,78)42-93)64(97)83-61(44(5)6)71(104)92(19)63(47(9)21-2)73(106)91(18)58(68(101)85(11)12)40-60(96)88(15)56(37-43(3)4)65(98)84-62/h23-27,29,38,43-44,46-48,53-58,61-63H,20-22,28,30-37,39-42H2,1-19H3,(H,82,95)(H,83,97)(H,84,98)/t46-,47-,48-,53-,54-,55-,56-,57-,58-,61-,62-,63-/m0/s1. The molecular formula is C75H113ClF5N13O12. The lowest BCUT2D eigenvalue weighted by Crippen LogP contribution is -2.65. The van der Waals surface area contributed by atoms with Crippen LogP contribution in [0, 0.1) is 30.6 Å². The first-order chi connectivity index (χ1) is 49.3. The zero-order chi connectivity index (χ0) is 80.1. The molecule has 0 aromatic heterocycles. The van der Waals surface area contributed by atoms with Gasteiger partial charge in [0.2, 0.25) is 70.9 Å². The van der Waals surface area contributed by atoms with Gasteiger partial charge in [0.15, 0.2) is 0 Å². The Bertz CT molecular complexity index is 3480. The predicted octanol–water partition coefficient (Wildman–Crippen LogP) is 5.75. The SMILES string of the molecule is CC[C@H](C)[C@@H]1NC(=O)[C@H](CC(C)C)N(C)C(=O)C[C@@H](C(=O)N(C)C)N(C)C(=O)[C@H]([C@@H](C)CC)N(C)C(=O)[C@H](C(C)C)NC(=O)[C@H](CCN2CCCC(F)(F)C2)N(C)C(=O)[C@H](CCc2ccc(C(F)(F)F)c(Cl)c2)NC(=O)CN(C)C(=O)[C@H](Cc2ccc(C)cc2)N(C)C(=O)[C@@H]2CCN2C(=O)[C@H](C)N(C)C1=O. The Morgan fingerprint density at radius 2 is 1.23 bits per heavy atom. The number of nitrogens with zero attached hydrogens (tertiary/aromatic N) is 10. The number of benzene rings is 2. The highest BCUT2D eigenvalue weighted by Crippen LogP contribution is 2.36. The highest BCUT2D eigenvalue weighted by Gasteiger charge is 2.48. The van der Waals surface area contributed by atoms with Gasteiger partial charge in [0, 0.05) is 89.4 Å². The number of likely N-dealkylation sites (tertiary alicyclic amines) is 1. The van der Waals surface area contributed by atoms with Crippen molar-refractivity contribution in [3.8, 4) is 0 Å².